The van der Waals surface area contributed by atoms with Crippen LogP contribution < -0.4 is 10.6 Å². The van der Waals surface area contributed by atoms with Crippen LogP contribution in [0.25, 0.3) is 0 Å². The van der Waals surface area contributed by atoms with E-state index in [1.54, 1.807) is 24.3 Å². The van der Waals surface area contributed by atoms with Crippen LogP contribution in [0.2, 0.25) is 0 Å². The fraction of sp³-hybridized carbons (Fsp3) is 0.100. The van der Waals surface area contributed by atoms with Crippen molar-refractivity contribution in [2.45, 2.75) is 13.1 Å². The zero-order valence-corrected chi connectivity index (χ0v) is 16.2. The van der Waals surface area contributed by atoms with Gasteiger partial charge in [0.2, 0.25) is 5.78 Å². The molecule has 5 nitrogen and oxygen atoms in total. The Morgan fingerprint density at radius 1 is 1.04 bits per heavy atom. The summed E-state index contributed by atoms with van der Waals surface area (Å²) in [6.07, 6.45) is 0.493. The van der Waals surface area contributed by atoms with Crippen molar-refractivity contribution in [1.82, 2.24) is 5.32 Å². The Kier molecular flexibility index (Phi) is 5.72. The van der Waals surface area contributed by atoms with Crippen LogP contribution >= 0.6 is 22.6 Å². The summed E-state index contributed by atoms with van der Waals surface area (Å²) in [6, 6.07) is 18.0. The summed E-state index contributed by atoms with van der Waals surface area (Å²) < 4.78 is 6.13. The number of amides is 1. The molecule has 0 aliphatic heterocycles. The van der Waals surface area contributed by atoms with Gasteiger partial charge >= 0.3 is 0 Å². The smallest absolute Gasteiger partial charge is 0.288 e. The number of hydrogen-bond acceptors (Lipinski definition) is 4. The van der Waals surface area contributed by atoms with E-state index in [1.807, 2.05) is 43.3 Å². The molecule has 0 saturated carbocycles. The van der Waals surface area contributed by atoms with Crippen molar-refractivity contribution >= 4 is 40.0 Å². The summed E-state index contributed by atoms with van der Waals surface area (Å²) in [6.45, 7) is 1.95. The third-order valence-electron chi connectivity index (χ3n) is 3.75. The minimum absolute atomic E-state index is 0.149. The van der Waals surface area contributed by atoms with Crippen LogP contribution in [0.5, 0.6) is 0 Å². The number of benzene rings is 2. The third-order valence-corrected chi connectivity index (χ3v) is 4.43. The second-order valence-electron chi connectivity index (χ2n) is 5.77. The Bertz CT molecular complexity index is 905. The largest absolute Gasteiger partial charge is 0.459 e. The van der Waals surface area contributed by atoms with E-state index in [0.29, 0.717) is 5.56 Å². The van der Waals surface area contributed by atoms with E-state index < -0.39 is 12.1 Å². The van der Waals surface area contributed by atoms with Gasteiger partial charge < -0.3 is 15.1 Å². The van der Waals surface area contributed by atoms with Gasteiger partial charge in [0.1, 0.15) is 0 Å². The maximum absolute atomic E-state index is 12.9. The highest BCUT2D eigenvalue weighted by molar-refractivity contribution is 14.1. The van der Waals surface area contributed by atoms with Gasteiger partial charge in [-0.2, -0.15) is 0 Å². The fourth-order valence-electron chi connectivity index (χ4n) is 2.41. The van der Waals surface area contributed by atoms with E-state index in [0.717, 1.165) is 14.8 Å². The van der Waals surface area contributed by atoms with Crippen LogP contribution in [-0.2, 0) is 0 Å². The van der Waals surface area contributed by atoms with Gasteiger partial charge in [-0.15, -0.1) is 0 Å². The van der Waals surface area contributed by atoms with Crippen molar-refractivity contribution in [2.75, 3.05) is 5.32 Å². The van der Waals surface area contributed by atoms with Gasteiger partial charge in [0.05, 0.1) is 6.26 Å². The molecule has 3 aromatic rings. The van der Waals surface area contributed by atoms with Gasteiger partial charge in [0.15, 0.2) is 11.9 Å². The zero-order chi connectivity index (χ0) is 18.5. The number of anilines is 1. The van der Waals surface area contributed by atoms with Crippen molar-refractivity contribution in [3.05, 3.63) is 87.4 Å². The lowest BCUT2D eigenvalue weighted by atomic mass is 10.1. The summed E-state index contributed by atoms with van der Waals surface area (Å²) in [5.74, 6) is -0.543. The molecule has 1 aromatic heterocycles. The van der Waals surface area contributed by atoms with Gasteiger partial charge in [-0.25, -0.2) is 0 Å². The van der Waals surface area contributed by atoms with Gasteiger partial charge in [0, 0.05) is 14.8 Å². The van der Waals surface area contributed by atoms with Crippen LogP contribution in [0.15, 0.2) is 71.3 Å². The van der Waals surface area contributed by atoms with E-state index in [9.17, 15) is 9.59 Å². The molecule has 26 heavy (non-hydrogen) atoms. The normalized spacial score (nSPS) is 11.6. The van der Waals surface area contributed by atoms with E-state index in [-0.39, 0.29) is 11.5 Å². The molecule has 6 heteroatoms. The molecule has 2 N–H and O–H groups in total. The Labute approximate surface area is 164 Å². The molecule has 0 saturated heterocycles. The average Bonchev–Trinajstić information content (AvgIpc) is 3.16. The number of Topliss-reactive ketones (excluding diaryl/α,β-unsaturated/α-hetero) is 1. The lowest BCUT2D eigenvalue weighted by Crippen LogP contribution is -2.46. The standard InChI is InChI=1S/C20H17IN2O3/c1-13-7-9-14(10-8-13)18(24)19(22-16-5-2-4-15(21)12-16)23-20(25)17-6-3-11-26-17/h2-12,19,22H,1H3,(H,23,25)/t19-/m1/s1. The minimum atomic E-state index is -0.923. The maximum Gasteiger partial charge on any atom is 0.288 e. The van der Waals surface area contributed by atoms with Crippen molar-refractivity contribution in [1.29, 1.82) is 0 Å². The highest BCUT2D eigenvalue weighted by Crippen LogP contribution is 2.15. The van der Waals surface area contributed by atoms with E-state index >= 15 is 0 Å². The molecule has 1 heterocycles. The van der Waals surface area contributed by atoms with Gasteiger partial charge in [-0.05, 0) is 59.8 Å². The molecule has 3 rings (SSSR count). The highest BCUT2D eigenvalue weighted by Gasteiger charge is 2.23. The summed E-state index contributed by atoms with van der Waals surface area (Å²) in [7, 11) is 0. The summed E-state index contributed by atoms with van der Waals surface area (Å²) in [5.41, 5.74) is 2.31. The van der Waals surface area contributed by atoms with Crippen LogP contribution in [0, 0.1) is 10.5 Å². The highest BCUT2D eigenvalue weighted by atomic mass is 127. The topological polar surface area (TPSA) is 71.3 Å². The van der Waals surface area contributed by atoms with Crippen molar-refractivity contribution in [3.63, 3.8) is 0 Å². The Morgan fingerprint density at radius 3 is 2.46 bits per heavy atom. The summed E-state index contributed by atoms with van der Waals surface area (Å²) >= 11 is 2.19. The molecule has 0 aliphatic carbocycles. The molecule has 0 spiro atoms. The number of aryl methyl sites for hydroxylation is 1. The molecule has 0 aliphatic rings. The number of halogens is 1. The molecular weight excluding hydrogens is 443 g/mol. The number of carbonyl (C=O) groups excluding carboxylic acids is 2. The van der Waals surface area contributed by atoms with E-state index in [2.05, 4.69) is 33.2 Å². The first-order chi connectivity index (χ1) is 12.5. The first kappa shape index (κ1) is 18.2. The lowest BCUT2D eigenvalue weighted by Gasteiger charge is -2.20. The molecule has 0 fully saturated rings. The molecule has 0 bridgehead atoms. The van der Waals surface area contributed by atoms with Crippen molar-refractivity contribution < 1.29 is 14.0 Å². The van der Waals surface area contributed by atoms with Gasteiger partial charge in [-0.1, -0.05) is 35.9 Å². The Morgan fingerprint density at radius 2 is 1.81 bits per heavy atom. The maximum atomic E-state index is 12.9. The van der Waals surface area contributed by atoms with Crippen LogP contribution in [0.3, 0.4) is 0 Å². The number of ketones is 1. The van der Waals surface area contributed by atoms with E-state index in [1.165, 1.54) is 6.26 Å². The molecule has 0 radical (unpaired) electrons. The Balaban J connectivity index is 1.86. The zero-order valence-electron chi connectivity index (χ0n) is 14.0. The molecule has 0 unspecified atom stereocenters. The van der Waals surface area contributed by atoms with Crippen molar-refractivity contribution in [2.24, 2.45) is 0 Å². The number of carbonyl (C=O) groups is 2. The molecule has 1 atom stereocenters. The fourth-order valence-corrected chi connectivity index (χ4v) is 2.95. The number of furan rings is 1. The van der Waals surface area contributed by atoms with Crippen LogP contribution in [0.1, 0.15) is 26.5 Å². The summed E-state index contributed by atoms with van der Waals surface area (Å²) in [4.78, 5) is 25.3. The number of rotatable bonds is 6. The van der Waals surface area contributed by atoms with Crippen molar-refractivity contribution in [3.8, 4) is 0 Å². The monoisotopic (exact) mass is 460 g/mol. The molecular formula is C20H17IN2O3. The van der Waals surface area contributed by atoms with Gasteiger partial charge in [0.25, 0.3) is 5.91 Å². The first-order valence-electron chi connectivity index (χ1n) is 8.00. The average molecular weight is 460 g/mol. The van der Waals surface area contributed by atoms with Crippen LogP contribution in [-0.4, -0.2) is 17.9 Å². The second-order valence-corrected chi connectivity index (χ2v) is 7.01. The first-order valence-corrected chi connectivity index (χ1v) is 9.08. The third kappa shape index (κ3) is 4.51. The predicted molar refractivity (Wildman–Crippen MR) is 108 cm³/mol. The van der Waals surface area contributed by atoms with Crippen LogP contribution in [0.4, 0.5) is 5.69 Å². The van der Waals surface area contributed by atoms with E-state index in [4.69, 9.17) is 4.42 Å². The predicted octanol–water partition coefficient (Wildman–Crippen LogP) is 4.24. The Hall–Kier alpha value is -2.61. The number of hydrogen-bond donors (Lipinski definition) is 2. The molecule has 2 aromatic carbocycles. The van der Waals surface area contributed by atoms with Gasteiger partial charge in [-0.3, -0.25) is 9.59 Å². The summed E-state index contributed by atoms with van der Waals surface area (Å²) in [5, 5.41) is 5.80. The minimum Gasteiger partial charge on any atom is -0.459 e. The molecule has 1 amide bonds. The SMILES string of the molecule is Cc1ccc(C(=O)[C@@H](NC(=O)c2ccco2)Nc2cccc(I)c2)cc1. The molecule has 132 valence electrons. The lowest BCUT2D eigenvalue weighted by molar-refractivity contribution is 0.0853. The second kappa shape index (κ2) is 8.18. The quantitative estimate of drug-likeness (QED) is 0.328. The number of nitrogens with one attached hydrogen (secondary N) is 2.